The Morgan fingerprint density at radius 1 is 1.33 bits per heavy atom. The summed E-state index contributed by atoms with van der Waals surface area (Å²) >= 11 is 0. The summed E-state index contributed by atoms with van der Waals surface area (Å²) < 4.78 is 1.83. The van der Waals surface area contributed by atoms with E-state index in [1.807, 2.05) is 41.8 Å². The molecule has 0 saturated carbocycles. The lowest BCUT2D eigenvalue weighted by Crippen LogP contribution is -2.34. The van der Waals surface area contributed by atoms with Gasteiger partial charge in [-0.25, -0.2) is 0 Å². The maximum atomic E-state index is 12.7. The minimum atomic E-state index is -0.119. The van der Waals surface area contributed by atoms with E-state index in [9.17, 15) is 9.90 Å². The highest BCUT2D eigenvalue weighted by molar-refractivity contribution is 5.93. The van der Waals surface area contributed by atoms with Gasteiger partial charge in [0.05, 0.1) is 12.3 Å². The molecule has 0 unspecified atom stereocenters. The maximum Gasteiger partial charge on any atom is 0.270 e. The normalized spacial score (nSPS) is 10.6. The number of carbonyl (C=O) groups excluding carboxylic acids is 1. The number of nitrogens with two attached hydrogens (primary N) is 1. The zero-order chi connectivity index (χ0) is 15.2. The van der Waals surface area contributed by atoms with Gasteiger partial charge in [0, 0.05) is 25.8 Å². The predicted octanol–water partition coefficient (Wildman–Crippen LogP) is 1.72. The number of aryl methyl sites for hydroxylation is 1. The van der Waals surface area contributed by atoms with Crippen LogP contribution in [-0.2, 0) is 13.1 Å². The fraction of sp³-hybridized carbons (Fsp3) is 0.312. The molecule has 0 spiro atoms. The number of carbonyl (C=O) groups is 1. The van der Waals surface area contributed by atoms with Crippen molar-refractivity contribution in [1.82, 2.24) is 9.47 Å². The first-order valence-corrected chi connectivity index (χ1v) is 7.05. The quantitative estimate of drug-likeness (QED) is 0.850. The van der Waals surface area contributed by atoms with Crippen molar-refractivity contribution in [3.8, 4) is 0 Å². The van der Waals surface area contributed by atoms with Crippen LogP contribution in [0.4, 0.5) is 5.69 Å². The van der Waals surface area contributed by atoms with E-state index in [-0.39, 0.29) is 12.5 Å². The Labute approximate surface area is 124 Å². The van der Waals surface area contributed by atoms with Gasteiger partial charge in [-0.3, -0.25) is 4.79 Å². The summed E-state index contributed by atoms with van der Waals surface area (Å²) in [6.07, 6.45) is 1.76. The Morgan fingerprint density at radius 3 is 2.67 bits per heavy atom. The van der Waals surface area contributed by atoms with Crippen LogP contribution < -0.4 is 5.73 Å². The topological polar surface area (TPSA) is 71.5 Å². The van der Waals surface area contributed by atoms with Crippen LogP contribution in [-0.4, -0.2) is 33.6 Å². The first-order chi connectivity index (χ1) is 10.2. The summed E-state index contributed by atoms with van der Waals surface area (Å²) in [5.41, 5.74) is 7.94. The molecule has 0 aliphatic heterocycles. The molecule has 5 nitrogen and oxygen atoms in total. The van der Waals surface area contributed by atoms with E-state index in [4.69, 9.17) is 5.73 Å². The fourth-order valence-electron chi connectivity index (χ4n) is 2.31. The van der Waals surface area contributed by atoms with Gasteiger partial charge in [0.25, 0.3) is 5.91 Å². The van der Waals surface area contributed by atoms with Gasteiger partial charge >= 0.3 is 0 Å². The standard InChI is InChI=1S/C16H21N3O2/c1-2-18-12-14(17)10-15(18)16(21)19(8-9-20)11-13-6-4-3-5-7-13/h3-7,10,12,20H,2,8-9,11,17H2,1H3. The second kappa shape index (κ2) is 6.95. The molecule has 1 heterocycles. The SMILES string of the molecule is CCn1cc(N)cc1C(=O)N(CCO)Cc1ccccc1. The van der Waals surface area contributed by atoms with Gasteiger partial charge in [-0.05, 0) is 18.6 Å². The van der Waals surface area contributed by atoms with Gasteiger partial charge in [-0.15, -0.1) is 0 Å². The van der Waals surface area contributed by atoms with Crippen molar-refractivity contribution in [2.24, 2.45) is 0 Å². The van der Waals surface area contributed by atoms with Crippen molar-refractivity contribution < 1.29 is 9.90 Å². The molecule has 2 rings (SSSR count). The molecule has 0 atom stereocenters. The smallest absolute Gasteiger partial charge is 0.270 e. The number of rotatable bonds is 6. The van der Waals surface area contributed by atoms with Crippen LogP contribution in [0.3, 0.4) is 0 Å². The number of aliphatic hydroxyl groups excluding tert-OH is 1. The van der Waals surface area contributed by atoms with Crippen LogP contribution in [0, 0.1) is 0 Å². The van der Waals surface area contributed by atoms with E-state index < -0.39 is 0 Å². The van der Waals surface area contributed by atoms with Crippen molar-refractivity contribution in [2.75, 3.05) is 18.9 Å². The first-order valence-electron chi connectivity index (χ1n) is 7.05. The number of amides is 1. The number of hydrogen-bond donors (Lipinski definition) is 2. The second-order valence-corrected chi connectivity index (χ2v) is 4.88. The molecule has 5 heteroatoms. The van der Waals surface area contributed by atoms with Gasteiger partial charge in [0.1, 0.15) is 5.69 Å². The Kier molecular flexibility index (Phi) is 5.00. The van der Waals surface area contributed by atoms with Crippen molar-refractivity contribution >= 4 is 11.6 Å². The van der Waals surface area contributed by atoms with Crippen LogP contribution in [0.15, 0.2) is 42.6 Å². The molecule has 0 bridgehead atoms. The monoisotopic (exact) mass is 287 g/mol. The number of aliphatic hydroxyl groups is 1. The lowest BCUT2D eigenvalue weighted by atomic mass is 10.2. The van der Waals surface area contributed by atoms with Gasteiger partial charge in [0.2, 0.25) is 0 Å². The molecule has 0 aliphatic rings. The molecule has 0 radical (unpaired) electrons. The summed E-state index contributed by atoms with van der Waals surface area (Å²) in [5, 5.41) is 9.22. The van der Waals surface area contributed by atoms with E-state index in [0.717, 1.165) is 5.56 Å². The molecule has 21 heavy (non-hydrogen) atoms. The highest BCUT2D eigenvalue weighted by Gasteiger charge is 2.19. The van der Waals surface area contributed by atoms with E-state index in [2.05, 4.69) is 0 Å². The lowest BCUT2D eigenvalue weighted by molar-refractivity contribution is 0.0697. The number of nitrogen functional groups attached to an aromatic ring is 1. The maximum absolute atomic E-state index is 12.7. The number of benzene rings is 1. The average molecular weight is 287 g/mol. The summed E-state index contributed by atoms with van der Waals surface area (Å²) in [6, 6.07) is 11.4. The minimum Gasteiger partial charge on any atom is -0.397 e. The average Bonchev–Trinajstić information content (AvgIpc) is 2.88. The fourth-order valence-corrected chi connectivity index (χ4v) is 2.31. The lowest BCUT2D eigenvalue weighted by Gasteiger charge is -2.22. The van der Waals surface area contributed by atoms with Gasteiger partial charge in [0.15, 0.2) is 0 Å². The summed E-state index contributed by atoms with van der Waals surface area (Å²) in [6.45, 7) is 3.33. The van der Waals surface area contributed by atoms with Crippen LogP contribution in [0.2, 0.25) is 0 Å². The summed E-state index contributed by atoms with van der Waals surface area (Å²) in [4.78, 5) is 14.3. The number of aromatic nitrogens is 1. The van der Waals surface area contributed by atoms with Gasteiger partial charge in [-0.1, -0.05) is 30.3 Å². The van der Waals surface area contributed by atoms with Crippen molar-refractivity contribution in [3.05, 3.63) is 53.9 Å². The van der Waals surface area contributed by atoms with Crippen molar-refractivity contribution in [3.63, 3.8) is 0 Å². The Morgan fingerprint density at radius 2 is 2.05 bits per heavy atom. The summed E-state index contributed by atoms with van der Waals surface area (Å²) in [7, 11) is 0. The van der Waals surface area contributed by atoms with E-state index in [0.29, 0.717) is 31.0 Å². The van der Waals surface area contributed by atoms with E-state index in [1.165, 1.54) is 0 Å². The Bertz CT molecular complexity index is 593. The predicted molar refractivity (Wildman–Crippen MR) is 82.8 cm³/mol. The van der Waals surface area contributed by atoms with Crippen LogP contribution in [0.5, 0.6) is 0 Å². The summed E-state index contributed by atoms with van der Waals surface area (Å²) in [5.74, 6) is -0.119. The molecule has 0 fully saturated rings. The molecule has 112 valence electrons. The number of anilines is 1. The Hall–Kier alpha value is -2.27. The van der Waals surface area contributed by atoms with Crippen LogP contribution >= 0.6 is 0 Å². The number of hydrogen-bond acceptors (Lipinski definition) is 3. The third kappa shape index (κ3) is 3.64. The molecule has 0 saturated heterocycles. The third-order valence-electron chi connectivity index (χ3n) is 3.35. The van der Waals surface area contributed by atoms with Gasteiger partial charge < -0.3 is 20.3 Å². The van der Waals surface area contributed by atoms with Crippen molar-refractivity contribution in [2.45, 2.75) is 20.0 Å². The molecular formula is C16H21N3O2. The first kappa shape index (κ1) is 15.1. The molecule has 2 aromatic rings. The molecule has 1 aromatic heterocycles. The largest absolute Gasteiger partial charge is 0.397 e. The molecule has 1 amide bonds. The minimum absolute atomic E-state index is 0.0686. The highest BCUT2D eigenvalue weighted by atomic mass is 16.3. The molecule has 3 N–H and O–H groups in total. The van der Waals surface area contributed by atoms with Gasteiger partial charge in [-0.2, -0.15) is 0 Å². The van der Waals surface area contributed by atoms with Crippen molar-refractivity contribution in [1.29, 1.82) is 0 Å². The number of nitrogens with zero attached hydrogens (tertiary/aromatic N) is 2. The molecule has 1 aromatic carbocycles. The zero-order valence-electron chi connectivity index (χ0n) is 12.2. The Balaban J connectivity index is 2.22. The molecule has 0 aliphatic carbocycles. The van der Waals surface area contributed by atoms with Crippen LogP contribution in [0.1, 0.15) is 23.0 Å². The molecular weight excluding hydrogens is 266 g/mol. The zero-order valence-corrected chi connectivity index (χ0v) is 12.2. The highest BCUT2D eigenvalue weighted by Crippen LogP contribution is 2.15. The second-order valence-electron chi connectivity index (χ2n) is 4.88. The van der Waals surface area contributed by atoms with E-state index >= 15 is 0 Å². The third-order valence-corrected chi connectivity index (χ3v) is 3.35. The van der Waals surface area contributed by atoms with E-state index in [1.54, 1.807) is 17.2 Å². The van der Waals surface area contributed by atoms with Crippen LogP contribution in [0.25, 0.3) is 0 Å².